The van der Waals surface area contributed by atoms with Gasteiger partial charge in [0.15, 0.2) is 0 Å². The average molecular weight is 241 g/mol. The minimum absolute atomic E-state index is 0.0999. The average Bonchev–Trinajstić information content (AvgIpc) is 2.33. The van der Waals surface area contributed by atoms with Crippen LogP contribution < -0.4 is 0 Å². The smallest absolute Gasteiger partial charge is 0.0695 e. The van der Waals surface area contributed by atoms with Gasteiger partial charge in [-0.1, -0.05) is 27.2 Å². The molecule has 0 aromatic carbocycles. The fourth-order valence-electron chi connectivity index (χ4n) is 2.98. The summed E-state index contributed by atoms with van der Waals surface area (Å²) in [4.78, 5) is 2.57. The second kappa shape index (κ2) is 7.38. The van der Waals surface area contributed by atoms with Crippen molar-refractivity contribution in [2.75, 3.05) is 6.54 Å². The molecule has 1 fully saturated rings. The van der Waals surface area contributed by atoms with E-state index in [2.05, 4.69) is 32.6 Å². The van der Waals surface area contributed by atoms with E-state index < -0.39 is 0 Å². The molecule has 0 aromatic rings. The molecule has 4 unspecified atom stereocenters. The van der Waals surface area contributed by atoms with Gasteiger partial charge in [0.25, 0.3) is 0 Å². The van der Waals surface area contributed by atoms with Crippen LogP contribution in [0.5, 0.6) is 0 Å². The van der Waals surface area contributed by atoms with E-state index in [4.69, 9.17) is 0 Å². The molecule has 0 radical (unpaired) electrons. The molecule has 4 atom stereocenters. The first-order chi connectivity index (χ1) is 8.10. The van der Waals surface area contributed by atoms with Crippen molar-refractivity contribution in [1.82, 2.24) is 4.90 Å². The van der Waals surface area contributed by atoms with Gasteiger partial charge in [0.05, 0.1) is 6.10 Å². The zero-order valence-corrected chi connectivity index (χ0v) is 12.2. The van der Waals surface area contributed by atoms with Crippen LogP contribution in [0.1, 0.15) is 66.2 Å². The molecule has 2 heteroatoms. The highest BCUT2D eigenvalue weighted by molar-refractivity contribution is 4.87. The molecule has 0 spiro atoms. The summed E-state index contributed by atoms with van der Waals surface area (Å²) in [5.74, 6) is 0.775. The molecule has 0 heterocycles. The summed E-state index contributed by atoms with van der Waals surface area (Å²) < 4.78 is 0. The maximum absolute atomic E-state index is 10.3. The number of unbranched alkanes of at least 4 members (excludes halogenated alkanes) is 1. The van der Waals surface area contributed by atoms with Crippen LogP contribution in [0.4, 0.5) is 0 Å². The van der Waals surface area contributed by atoms with Gasteiger partial charge in [-0.15, -0.1) is 0 Å². The highest BCUT2D eigenvalue weighted by Gasteiger charge is 2.33. The van der Waals surface area contributed by atoms with Gasteiger partial charge < -0.3 is 5.11 Å². The van der Waals surface area contributed by atoms with Crippen LogP contribution in [-0.4, -0.2) is 34.7 Å². The Hall–Kier alpha value is -0.0800. The molecule has 0 amide bonds. The lowest BCUT2D eigenvalue weighted by Gasteiger charge is -2.43. The minimum Gasteiger partial charge on any atom is -0.391 e. The van der Waals surface area contributed by atoms with Crippen molar-refractivity contribution < 1.29 is 5.11 Å². The quantitative estimate of drug-likeness (QED) is 0.770. The summed E-state index contributed by atoms with van der Waals surface area (Å²) in [6.45, 7) is 10.3. The molecule has 0 bridgehead atoms. The van der Waals surface area contributed by atoms with Crippen molar-refractivity contribution in [2.45, 2.75) is 84.4 Å². The van der Waals surface area contributed by atoms with E-state index in [1.807, 2.05) is 0 Å². The number of hydrogen-bond donors (Lipinski definition) is 1. The predicted octanol–water partition coefficient (Wildman–Crippen LogP) is 3.44. The van der Waals surface area contributed by atoms with Crippen LogP contribution in [0.15, 0.2) is 0 Å². The Bertz CT molecular complexity index is 207. The molecule has 17 heavy (non-hydrogen) atoms. The van der Waals surface area contributed by atoms with Gasteiger partial charge in [0.1, 0.15) is 0 Å². The normalized spacial score (nSPS) is 31.8. The third-order valence-corrected chi connectivity index (χ3v) is 4.40. The van der Waals surface area contributed by atoms with Gasteiger partial charge in [-0.25, -0.2) is 0 Å². The Balaban J connectivity index is 2.65. The lowest BCUT2D eigenvalue weighted by molar-refractivity contribution is -0.0125. The number of hydrogen-bond acceptors (Lipinski definition) is 2. The van der Waals surface area contributed by atoms with E-state index in [-0.39, 0.29) is 6.10 Å². The Morgan fingerprint density at radius 2 is 2.00 bits per heavy atom. The molecule has 1 aliphatic carbocycles. The molecule has 0 aliphatic heterocycles. The molecule has 1 rings (SSSR count). The summed E-state index contributed by atoms with van der Waals surface area (Å²) in [6.07, 6.45) is 6.94. The van der Waals surface area contributed by atoms with Crippen LogP contribution in [0.25, 0.3) is 0 Å². The van der Waals surface area contributed by atoms with E-state index in [0.29, 0.717) is 12.1 Å². The van der Waals surface area contributed by atoms with E-state index in [1.54, 1.807) is 0 Å². The molecular formula is C15H31NO. The first-order valence-corrected chi connectivity index (χ1v) is 7.53. The highest BCUT2D eigenvalue weighted by Crippen LogP contribution is 2.29. The summed E-state index contributed by atoms with van der Waals surface area (Å²) in [5, 5.41) is 10.3. The fourth-order valence-corrected chi connectivity index (χ4v) is 2.98. The van der Waals surface area contributed by atoms with Gasteiger partial charge in [0.2, 0.25) is 0 Å². The Morgan fingerprint density at radius 3 is 2.59 bits per heavy atom. The number of rotatable bonds is 6. The summed E-state index contributed by atoms with van der Waals surface area (Å²) >= 11 is 0. The van der Waals surface area contributed by atoms with Crippen molar-refractivity contribution in [3.8, 4) is 0 Å². The van der Waals surface area contributed by atoms with Crippen LogP contribution in [0.2, 0.25) is 0 Å². The minimum atomic E-state index is -0.0999. The Kier molecular flexibility index (Phi) is 6.50. The summed E-state index contributed by atoms with van der Waals surface area (Å²) in [5.41, 5.74) is 0. The Morgan fingerprint density at radius 1 is 1.29 bits per heavy atom. The molecule has 102 valence electrons. The molecule has 0 aromatic heterocycles. The third-order valence-electron chi connectivity index (χ3n) is 4.40. The lowest BCUT2D eigenvalue weighted by atomic mass is 9.83. The van der Waals surface area contributed by atoms with E-state index >= 15 is 0 Å². The van der Waals surface area contributed by atoms with Gasteiger partial charge >= 0.3 is 0 Å². The predicted molar refractivity (Wildman–Crippen MR) is 74.2 cm³/mol. The van der Waals surface area contributed by atoms with Crippen molar-refractivity contribution >= 4 is 0 Å². The van der Waals surface area contributed by atoms with Crippen molar-refractivity contribution in [2.24, 2.45) is 5.92 Å². The van der Waals surface area contributed by atoms with E-state index in [1.165, 1.54) is 32.1 Å². The summed E-state index contributed by atoms with van der Waals surface area (Å²) in [6, 6.07) is 1.01. The van der Waals surface area contributed by atoms with Gasteiger partial charge in [-0.05, 0) is 51.5 Å². The Labute approximate surface area is 107 Å². The third kappa shape index (κ3) is 4.26. The number of aliphatic hydroxyl groups is 1. The topological polar surface area (TPSA) is 23.5 Å². The van der Waals surface area contributed by atoms with Crippen LogP contribution >= 0.6 is 0 Å². The van der Waals surface area contributed by atoms with E-state index in [9.17, 15) is 5.11 Å². The SMILES string of the molecule is CCCCN(C(C)CC)C1CC(C)CCC1O. The molecule has 2 nitrogen and oxygen atoms in total. The molecular weight excluding hydrogens is 210 g/mol. The van der Waals surface area contributed by atoms with Crippen molar-refractivity contribution in [3.63, 3.8) is 0 Å². The van der Waals surface area contributed by atoms with Crippen LogP contribution in [0.3, 0.4) is 0 Å². The van der Waals surface area contributed by atoms with Crippen LogP contribution in [0, 0.1) is 5.92 Å². The number of nitrogens with zero attached hydrogens (tertiary/aromatic N) is 1. The second-order valence-corrected chi connectivity index (χ2v) is 5.90. The molecule has 1 N–H and O–H groups in total. The molecule has 1 saturated carbocycles. The maximum Gasteiger partial charge on any atom is 0.0695 e. The number of aliphatic hydroxyl groups excluding tert-OH is 1. The lowest BCUT2D eigenvalue weighted by Crippen LogP contribution is -2.51. The van der Waals surface area contributed by atoms with Crippen molar-refractivity contribution in [3.05, 3.63) is 0 Å². The van der Waals surface area contributed by atoms with Crippen LogP contribution in [-0.2, 0) is 0 Å². The maximum atomic E-state index is 10.3. The molecule has 0 saturated heterocycles. The summed E-state index contributed by atoms with van der Waals surface area (Å²) in [7, 11) is 0. The fraction of sp³-hybridized carbons (Fsp3) is 1.00. The van der Waals surface area contributed by atoms with E-state index in [0.717, 1.165) is 18.9 Å². The van der Waals surface area contributed by atoms with Gasteiger partial charge in [-0.2, -0.15) is 0 Å². The van der Waals surface area contributed by atoms with Gasteiger partial charge in [0, 0.05) is 12.1 Å². The second-order valence-electron chi connectivity index (χ2n) is 5.90. The van der Waals surface area contributed by atoms with Gasteiger partial charge in [-0.3, -0.25) is 4.90 Å². The monoisotopic (exact) mass is 241 g/mol. The zero-order valence-electron chi connectivity index (χ0n) is 12.2. The first kappa shape index (κ1) is 15.0. The first-order valence-electron chi connectivity index (χ1n) is 7.53. The zero-order chi connectivity index (χ0) is 12.8. The highest BCUT2D eigenvalue weighted by atomic mass is 16.3. The standard InChI is InChI=1S/C15H31NO/c1-5-7-10-16(13(4)6-2)14-11-12(3)8-9-15(14)17/h12-15,17H,5-11H2,1-4H3. The molecule has 1 aliphatic rings. The largest absolute Gasteiger partial charge is 0.391 e. The van der Waals surface area contributed by atoms with Crippen molar-refractivity contribution in [1.29, 1.82) is 0 Å².